The highest BCUT2D eigenvalue weighted by atomic mass is 28.3. The molecule has 0 atom stereocenters. The zero-order valence-electron chi connectivity index (χ0n) is 6.38. The molecule has 0 bridgehead atoms. The van der Waals surface area contributed by atoms with Crippen LogP contribution in [0.1, 0.15) is 0 Å². The molecule has 0 radical (unpaired) electrons. The average Bonchev–Trinajstić information content (AvgIpc) is 1.59. The van der Waals surface area contributed by atoms with E-state index in [4.69, 9.17) is 10.0 Å². The van der Waals surface area contributed by atoms with Gasteiger partial charge in [0.05, 0.1) is 6.11 Å². The lowest BCUT2D eigenvalue weighted by Crippen LogP contribution is -2.18. The van der Waals surface area contributed by atoms with Crippen molar-refractivity contribution < 1.29 is 14.7 Å². The van der Waals surface area contributed by atoms with Crippen LogP contribution in [-0.4, -0.2) is 25.4 Å². The third-order valence-corrected chi connectivity index (χ3v) is 1.44. The first-order valence-electron chi connectivity index (χ1n) is 2.96. The van der Waals surface area contributed by atoms with E-state index in [0.29, 0.717) is 0 Å². The van der Waals surface area contributed by atoms with Crippen molar-refractivity contribution in [1.82, 2.24) is 0 Å². The third-order valence-electron chi connectivity index (χ3n) is 0.590. The van der Waals surface area contributed by atoms with E-state index in [1.807, 2.05) is 19.6 Å². The number of hydrogen-bond acceptors (Lipinski definition) is 3. The quantitative estimate of drug-likeness (QED) is 0.410. The Morgan fingerprint density at radius 2 is 1.80 bits per heavy atom. The van der Waals surface area contributed by atoms with Gasteiger partial charge in [0.1, 0.15) is 8.07 Å². The summed E-state index contributed by atoms with van der Waals surface area (Å²) in [4.78, 5) is 0. The molecule has 0 saturated heterocycles. The van der Waals surface area contributed by atoms with E-state index in [2.05, 4.69) is 16.3 Å². The first-order chi connectivity index (χ1) is 4.42. The molecule has 0 heterocycles. The molecule has 10 heavy (non-hydrogen) atoms. The summed E-state index contributed by atoms with van der Waals surface area (Å²) in [5.41, 5.74) is 2.80. The minimum absolute atomic E-state index is 1.43. The van der Waals surface area contributed by atoms with Crippen molar-refractivity contribution in [2.45, 2.75) is 19.6 Å². The molecule has 5 heteroatoms. The Morgan fingerprint density at radius 1 is 1.30 bits per heavy atom. The maximum absolute atomic E-state index is 8.20. The topological polar surface area (TPSA) is 49.7 Å². The Hall–Kier alpha value is -0.438. The van der Waals surface area contributed by atoms with Gasteiger partial charge in [-0.15, -0.1) is 0 Å². The molecule has 0 amide bonds. The average molecular weight is 158 g/mol. The number of hydrogen-bond donors (Lipinski definition) is 2. The smallest absolute Gasteiger partial charge is 0.463 e. The van der Waals surface area contributed by atoms with Crippen LogP contribution >= 0.6 is 0 Å². The van der Waals surface area contributed by atoms with Crippen molar-refractivity contribution in [3.8, 4) is 11.7 Å². The van der Waals surface area contributed by atoms with Crippen molar-refractivity contribution in [3.63, 3.8) is 0 Å². The normalized spacial score (nSPS) is 9.70. The largest absolute Gasteiger partial charge is 0.716 e. The van der Waals surface area contributed by atoms with Crippen LogP contribution in [0.25, 0.3) is 0 Å². The highest BCUT2D eigenvalue weighted by Crippen LogP contribution is 1.95. The highest BCUT2D eigenvalue weighted by Gasteiger charge is 2.10. The fourth-order valence-corrected chi connectivity index (χ4v) is 0.600. The molecule has 0 aromatic heterocycles. The summed E-state index contributed by atoms with van der Waals surface area (Å²) in [6.45, 7) is 6.10. The highest BCUT2D eigenvalue weighted by molar-refractivity contribution is 6.83. The van der Waals surface area contributed by atoms with E-state index in [1.165, 1.54) is 0 Å². The second-order valence-electron chi connectivity index (χ2n) is 2.92. The predicted octanol–water partition coefficient (Wildman–Crippen LogP) is -0.189. The molecule has 56 valence electrons. The third kappa shape index (κ3) is 7.56. The van der Waals surface area contributed by atoms with Gasteiger partial charge >= 0.3 is 7.32 Å². The first-order valence-corrected chi connectivity index (χ1v) is 6.46. The summed E-state index contributed by atoms with van der Waals surface area (Å²) >= 11 is 0. The molecule has 0 aliphatic heterocycles. The maximum atomic E-state index is 8.20. The summed E-state index contributed by atoms with van der Waals surface area (Å²) in [6.07, 6.45) is 2.24. The van der Waals surface area contributed by atoms with Crippen LogP contribution in [0.3, 0.4) is 0 Å². The SMILES string of the molecule is C[Si](C)(C)C#COB(O)O. The monoisotopic (exact) mass is 158 g/mol. The fraction of sp³-hybridized carbons (Fsp3) is 0.600. The predicted molar refractivity (Wildman–Crippen MR) is 42.4 cm³/mol. The lowest BCUT2D eigenvalue weighted by molar-refractivity contribution is 0.271. The summed E-state index contributed by atoms with van der Waals surface area (Å²) in [5.74, 6) is 0. The molecule has 0 spiro atoms. The first kappa shape index (κ1) is 9.56. The minimum Gasteiger partial charge on any atom is -0.463 e. The molecular formula is C5H11BO3Si. The van der Waals surface area contributed by atoms with Crippen molar-refractivity contribution in [3.05, 3.63) is 0 Å². The second-order valence-corrected chi connectivity index (χ2v) is 7.67. The van der Waals surface area contributed by atoms with E-state index in [9.17, 15) is 0 Å². The van der Waals surface area contributed by atoms with Crippen LogP contribution in [0.2, 0.25) is 19.6 Å². The van der Waals surface area contributed by atoms with Gasteiger partial charge in [0.15, 0.2) is 0 Å². The lowest BCUT2D eigenvalue weighted by Gasteiger charge is -2.02. The molecular weight excluding hydrogens is 147 g/mol. The van der Waals surface area contributed by atoms with Crippen LogP contribution in [0.15, 0.2) is 0 Å². The van der Waals surface area contributed by atoms with Crippen LogP contribution in [0, 0.1) is 11.7 Å². The Kier molecular flexibility index (Phi) is 3.50. The van der Waals surface area contributed by atoms with Crippen LogP contribution in [0.5, 0.6) is 0 Å². The Bertz CT molecular complexity index is 153. The zero-order valence-corrected chi connectivity index (χ0v) is 7.38. The molecule has 0 aromatic carbocycles. The summed E-state index contributed by atoms with van der Waals surface area (Å²) < 4.78 is 4.20. The molecule has 0 saturated carbocycles. The molecule has 3 nitrogen and oxygen atoms in total. The fourth-order valence-electron chi connectivity index (χ4n) is 0.235. The second kappa shape index (κ2) is 3.66. The summed E-state index contributed by atoms with van der Waals surface area (Å²) in [7, 11) is -3.21. The van der Waals surface area contributed by atoms with Gasteiger partial charge in [-0.2, -0.15) is 0 Å². The standard InChI is InChI=1S/C5H11BO3Si/c1-10(2,3)5-4-9-6(7)8/h7-8H,1-3H3. The molecule has 0 aliphatic carbocycles. The van der Waals surface area contributed by atoms with Gasteiger partial charge in [0, 0.05) is 0 Å². The van der Waals surface area contributed by atoms with Crippen LogP contribution in [0.4, 0.5) is 0 Å². The van der Waals surface area contributed by atoms with Crippen molar-refractivity contribution >= 4 is 15.4 Å². The lowest BCUT2D eigenvalue weighted by atomic mass is 10.3. The Morgan fingerprint density at radius 3 is 2.10 bits per heavy atom. The van der Waals surface area contributed by atoms with Gasteiger partial charge in [-0.1, -0.05) is 25.2 Å². The molecule has 0 aliphatic rings. The molecule has 0 aromatic rings. The Balaban J connectivity index is 3.71. The van der Waals surface area contributed by atoms with Gasteiger partial charge in [0.2, 0.25) is 0 Å². The maximum Gasteiger partial charge on any atom is 0.716 e. The molecule has 2 N–H and O–H groups in total. The van der Waals surface area contributed by atoms with Crippen molar-refractivity contribution in [1.29, 1.82) is 0 Å². The number of rotatable bonds is 1. The van der Waals surface area contributed by atoms with Gasteiger partial charge < -0.3 is 14.7 Å². The van der Waals surface area contributed by atoms with Crippen molar-refractivity contribution in [2.24, 2.45) is 0 Å². The molecule has 0 rings (SSSR count). The summed E-state index contributed by atoms with van der Waals surface area (Å²) in [6, 6.07) is 0. The van der Waals surface area contributed by atoms with Gasteiger partial charge in [0.25, 0.3) is 0 Å². The van der Waals surface area contributed by atoms with E-state index < -0.39 is 15.4 Å². The van der Waals surface area contributed by atoms with Gasteiger partial charge in [-0.05, 0) is 0 Å². The van der Waals surface area contributed by atoms with Gasteiger partial charge in [-0.25, -0.2) is 0 Å². The van der Waals surface area contributed by atoms with E-state index in [0.717, 1.165) is 0 Å². The van der Waals surface area contributed by atoms with E-state index >= 15 is 0 Å². The van der Waals surface area contributed by atoms with Crippen LogP contribution < -0.4 is 0 Å². The summed E-state index contributed by atoms with van der Waals surface area (Å²) in [5, 5.41) is 16.4. The molecule has 0 fully saturated rings. The minimum atomic E-state index is -1.77. The molecule has 0 unspecified atom stereocenters. The van der Waals surface area contributed by atoms with Crippen molar-refractivity contribution in [2.75, 3.05) is 0 Å². The van der Waals surface area contributed by atoms with Gasteiger partial charge in [-0.3, -0.25) is 0 Å². The van der Waals surface area contributed by atoms with E-state index in [-0.39, 0.29) is 0 Å². The Labute approximate surface area is 62.2 Å². The van der Waals surface area contributed by atoms with Crippen LogP contribution in [-0.2, 0) is 4.65 Å². The van der Waals surface area contributed by atoms with E-state index in [1.54, 1.807) is 0 Å². The zero-order chi connectivity index (χ0) is 8.20.